The number of amides is 6. The molecule has 346 valence electrons. The number of benzene rings is 1. The quantitative estimate of drug-likeness (QED) is 0.0412. The van der Waals surface area contributed by atoms with Crippen molar-refractivity contribution >= 4 is 43.3 Å². The van der Waals surface area contributed by atoms with Gasteiger partial charge in [-0.1, -0.05) is 44.2 Å². The molecule has 2 aromatic rings. The highest BCUT2D eigenvalue weighted by Gasteiger charge is 2.41. The van der Waals surface area contributed by atoms with Crippen LogP contribution in [0.15, 0.2) is 42.9 Å². The van der Waals surface area contributed by atoms with Gasteiger partial charge in [0.05, 0.1) is 44.8 Å². The van der Waals surface area contributed by atoms with Crippen LogP contribution in [0.2, 0.25) is 0 Å². The van der Waals surface area contributed by atoms with E-state index < -0.39 is 79.8 Å². The Morgan fingerprint density at radius 1 is 0.919 bits per heavy atom. The number of carbonyl (C=O) groups is 6. The Morgan fingerprint density at radius 2 is 1.63 bits per heavy atom. The zero-order valence-corrected chi connectivity index (χ0v) is 36.8. The van der Waals surface area contributed by atoms with Crippen molar-refractivity contribution in [2.24, 2.45) is 11.7 Å². The topological polar surface area (TPSA) is 303 Å². The first-order valence-corrected chi connectivity index (χ1v) is 22.1. The lowest BCUT2D eigenvalue weighted by Crippen LogP contribution is -2.59. The van der Waals surface area contributed by atoms with Gasteiger partial charge < -0.3 is 60.9 Å². The Labute approximate surface area is 361 Å². The molecule has 1 aliphatic heterocycles. The van der Waals surface area contributed by atoms with E-state index in [4.69, 9.17) is 29.7 Å². The molecule has 0 saturated carbocycles. The lowest BCUT2D eigenvalue weighted by molar-refractivity contribution is -0.140. The van der Waals surface area contributed by atoms with Gasteiger partial charge in [0.2, 0.25) is 35.4 Å². The van der Waals surface area contributed by atoms with Gasteiger partial charge in [-0.05, 0) is 51.0 Å². The van der Waals surface area contributed by atoms with E-state index in [1.54, 1.807) is 0 Å². The molecule has 0 radical (unpaired) electrons. The number of aromatic amines is 1. The standard InChI is InChI=1S/C40H63N8O13P/c1-25(2)19-31(39(53)45-32(20-29-22-42-24-43-29)38(52)44-26(3)37(51)47-35(36(41)50)27(4)61-62(55,56)57)46-40(54)33-21-30(23-48(33)34(49)14-16-59-18-17-58-5)60-15-10-9-13-28-11-7-6-8-12-28/h6-8,11-12,22,24-27,30-33,35H,9-10,13-21,23H2,1-5H3,(H2,41,50)(H,42,43)(H,44,52)(H,45,53)(H,46,54)(H,47,51)(H2,55,56,57)/t26-,27+,30-,31-,32-,33?,35-/m0/s1. The molecule has 22 heteroatoms. The lowest BCUT2D eigenvalue weighted by Gasteiger charge is -2.28. The number of hydrogen-bond acceptors (Lipinski definition) is 12. The molecule has 1 aromatic carbocycles. The molecule has 3 rings (SSSR count). The monoisotopic (exact) mass is 894 g/mol. The molecule has 1 fully saturated rings. The van der Waals surface area contributed by atoms with Crippen molar-refractivity contribution < 1.29 is 61.9 Å². The van der Waals surface area contributed by atoms with Gasteiger partial charge in [-0.15, -0.1) is 0 Å². The fourth-order valence-corrected chi connectivity index (χ4v) is 7.29. The molecule has 21 nitrogen and oxygen atoms in total. The summed E-state index contributed by atoms with van der Waals surface area (Å²) in [5.74, 6) is -4.65. The minimum Gasteiger partial charge on any atom is -0.382 e. The van der Waals surface area contributed by atoms with Gasteiger partial charge in [-0.3, -0.25) is 33.3 Å². The minimum atomic E-state index is -5.06. The van der Waals surface area contributed by atoms with E-state index in [1.807, 2.05) is 32.0 Å². The number of nitrogens with zero attached hydrogens (tertiary/aromatic N) is 2. The Hall–Kier alpha value is -4.76. The fraction of sp³-hybridized carbons (Fsp3) is 0.625. The van der Waals surface area contributed by atoms with Gasteiger partial charge in [0.25, 0.3) is 0 Å². The number of imidazole rings is 1. The summed E-state index contributed by atoms with van der Waals surface area (Å²) >= 11 is 0. The molecule has 1 unspecified atom stereocenters. The van der Waals surface area contributed by atoms with E-state index in [1.165, 1.54) is 37.0 Å². The number of nitrogens with two attached hydrogens (primary N) is 1. The van der Waals surface area contributed by atoms with Crippen molar-refractivity contribution in [1.82, 2.24) is 36.1 Å². The Bertz CT molecular complexity index is 1780. The number of aromatic nitrogens is 2. The van der Waals surface area contributed by atoms with Crippen molar-refractivity contribution in [1.29, 1.82) is 0 Å². The molecular formula is C40H63N8O13P. The summed E-state index contributed by atoms with van der Waals surface area (Å²) in [5.41, 5.74) is 7.01. The van der Waals surface area contributed by atoms with E-state index in [2.05, 4.69) is 47.9 Å². The molecule has 2 heterocycles. The van der Waals surface area contributed by atoms with Gasteiger partial charge in [-0.25, -0.2) is 9.55 Å². The number of rotatable bonds is 28. The van der Waals surface area contributed by atoms with Crippen molar-refractivity contribution in [2.75, 3.05) is 40.1 Å². The van der Waals surface area contributed by atoms with Crippen LogP contribution in [0.3, 0.4) is 0 Å². The van der Waals surface area contributed by atoms with E-state index in [0.717, 1.165) is 26.2 Å². The number of phosphoric ester groups is 1. The number of unbranched alkanes of at least 4 members (excludes halogenated alkanes) is 1. The van der Waals surface area contributed by atoms with Crippen molar-refractivity contribution in [3.05, 3.63) is 54.1 Å². The first kappa shape index (κ1) is 51.6. The third-order valence-corrected chi connectivity index (χ3v) is 10.5. The van der Waals surface area contributed by atoms with Gasteiger partial charge in [-0.2, -0.15) is 0 Å². The Kier molecular flexibility index (Phi) is 21.6. The summed E-state index contributed by atoms with van der Waals surface area (Å²) in [6.07, 6.45) is 3.65. The maximum Gasteiger partial charge on any atom is 0.469 e. The third-order valence-electron chi connectivity index (χ3n) is 9.92. The van der Waals surface area contributed by atoms with E-state index in [-0.39, 0.29) is 50.7 Å². The highest BCUT2D eigenvalue weighted by atomic mass is 31.2. The molecule has 62 heavy (non-hydrogen) atoms. The van der Waals surface area contributed by atoms with Crippen LogP contribution >= 0.6 is 7.82 Å². The first-order valence-electron chi connectivity index (χ1n) is 20.6. The summed E-state index contributed by atoms with van der Waals surface area (Å²) in [5, 5.41) is 10.2. The normalized spacial score (nSPS) is 17.7. The molecule has 9 N–H and O–H groups in total. The number of phosphoric acid groups is 1. The molecule has 0 aliphatic carbocycles. The Morgan fingerprint density at radius 3 is 2.26 bits per heavy atom. The number of methoxy groups -OCH3 is 1. The number of ether oxygens (including phenoxy) is 3. The second kappa shape index (κ2) is 26.0. The van der Waals surface area contributed by atoms with Crippen molar-refractivity contribution in [2.45, 2.75) is 115 Å². The largest absolute Gasteiger partial charge is 0.469 e. The van der Waals surface area contributed by atoms with E-state index in [0.29, 0.717) is 25.5 Å². The summed E-state index contributed by atoms with van der Waals surface area (Å²) in [6, 6.07) is 3.62. The maximum absolute atomic E-state index is 14.1. The second-order valence-corrected chi connectivity index (χ2v) is 16.7. The summed E-state index contributed by atoms with van der Waals surface area (Å²) in [6.45, 7) is 7.47. The number of likely N-dealkylation sites (tertiary alicyclic amines) is 1. The van der Waals surface area contributed by atoms with Crippen LogP contribution in [0.1, 0.15) is 71.1 Å². The van der Waals surface area contributed by atoms with Gasteiger partial charge >= 0.3 is 7.82 Å². The SMILES string of the molecule is COCCOCCC(=O)N1C[C@@H](OCCCCc2ccccc2)CC1C(=O)N[C@@H](CC(C)C)C(=O)N[C@@H](Cc1cnc[nH]1)C(=O)N[C@@H](C)C(=O)N[C@H](C(N)=O)[C@@H](C)OP(=O)(O)O. The fourth-order valence-electron chi connectivity index (χ4n) is 6.74. The van der Waals surface area contributed by atoms with Gasteiger partial charge in [0, 0.05) is 45.0 Å². The van der Waals surface area contributed by atoms with Crippen LogP contribution in [-0.4, -0.2) is 143 Å². The van der Waals surface area contributed by atoms with Crippen LogP contribution in [0, 0.1) is 5.92 Å². The molecule has 1 aromatic heterocycles. The average molecular weight is 895 g/mol. The van der Waals surface area contributed by atoms with Gasteiger partial charge in [0.1, 0.15) is 30.2 Å². The van der Waals surface area contributed by atoms with Crippen molar-refractivity contribution in [3.63, 3.8) is 0 Å². The third kappa shape index (κ3) is 18.3. The lowest BCUT2D eigenvalue weighted by atomic mass is 10.0. The molecule has 1 saturated heterocycles. The molecule has 0 spiro atoms. The van der Waals surface area contributed by atoms with Crippen LogP contribution in [0.4, 0.5) is 0 Å². The number of carbonyl (C=O) groups excluding carboxylic acids is 6. The molecule has 6 amide bonds. The highest BCUT2D eigenvalue weighted by molar-refractivity contribution is 7.46. The number of aryl methyl sites for hydroxylation is 1. The van der Waals surface area contributed by atoms with E-state index in [9.17, 15) is 33.3 Å². The van der Waals surface area contributed by atoms with Crippen LogP contribution < -0.4 is 27.0 Å². The van der Waals surface area contributed by atoms with Crippen LogP contribution in [-0.2, 0) is 64.9 Å². The zero-order chi connectivity index (χ0) is 45.8. The number of hydrogen-bond donors (Lipinski definition) is 8. The van der Waals surface area contributed by atoms with Crippen LogP contribution in [0.5, 0.6) is 0 Å². The highest BCUT2D eigenvalue weighted by Crippen LogP contribution is 2.38. The summed E-state index contributed by atoms with van der Waals surface area (Å²) < 4.78 is 32.5. The predicted octanol–water partition coefficient (Wildman–Crippen LogP) is 0.00260. The first-order chi connectivity index (χ1) is 29.4. The smallest absolute Gasteiger partial charge is 0.382 e. The number of H-pyrrole nitrogens is 1. The summed E-state index contributed by atoms with van der Waals surface area (Å²) in [7, 11) is -3.52. The minimum absolute atomic E-state index is 0.0113. The van der Waals surface area contributed by atoms with Crippen molar-refractivity contribution in [3.8, 4) is 0 Å². The zero-order valence-electron chi connectivity index (χ0n) is 35.9. The predicted molar refractivity (Wildman–Crippen MR) is 223 cm³/mol. The molecule has 0 bridgehead atoms. The molecule has 1 aliphatic rings. The number of nitrogens with one attached hydrogen (secondary N) is 5. The maximum atomic E-state index is 14.1. The van der Waals surface area contributed by atoms with Crippen LogP contribution in [0.25, 0.3) is 0 Å². The van der Waals surface area contributed by atoms with E-state index >= 15 is 0 Å². The Balaban J connectivity index is 1.73. The summed E-state index contributed by atoms with van der Waals surface area (Å²) in [4.78, 5) is 107. The molecule has 7 atom stereocenters. The average Bonchev–Trinajstić information content (AvgIpc) is 3.89. The second-order valence-electron chi connectivity index (χ2n) is 15.5. The van der Waals surface area contributed by atoms with Gasteiger partial charge in [0.15, 0.2) is 0 Å². The molecular weight excluding hydrogens is 831 g/mol. The number of primary amides is 1.